The first kappa shape index (κ1) is 15.3. The summed E-state index contributed by atoms with van der Waals surface area (Å²) in [6.07, 6.45) is 2.42. The van der Waals surface area contributed by atoms with E-state index in [2.05, 4.69) is 20.6 Å². The van der Waals surface area contributed by atoms with Crippen molar-refractivity contribution in [1.82, 2.24) is 15.3 Å². The van der Waals surface area contributed by atoms with Crippen LogP contribution in [-0.2, 0) is 6.42 Å². The van der Waals surface area contributed by atoms with Crippen molar-refractivity contribution in [3.05, 3.63) is 52.9 Å². The molecule has 110 valence electrons. The van der Waals surface area contributed by atoms with E-state index in [1.807, 2.05) is 25.1 Å². The molecule has 0 aliphatic carbocycles. The van der Waals surface area contributed by atoms with Gasteiger partial charge in [0.1, 0.15) is 11.0 Å². The van der Waals surface area contributed by atoms with E-state index in [1.165, 1.54) is 0 Å². The largest absolute Gasteiger partial charge is 0.370 e. The molecule has 0 aromatic carbocycles. The predicted molar refractivity (Wildman–Crippen MR) is 83.7 cm³/mol. The molecule has 0 saturated heterocycles. The Hall–Kier alpha value is -2.14. The highest BCUT2D eigenvalue weighted by Gasteiger charge is 2.08. The highest BCUT2D eigenvalue weighted by atomic mass is 35.5. The van der Waals surface area contributed by atoms with Gasteiger partial charge in [0.2, 0.25) is 0 Å². The SMILES string of the molecule is CCNc1cc(C(=O)NCCc2ccccn2)cc(Cl)n1. The van der Waals surface area contributed by atoms with Gasteiger partial charge >= 0.3 is 0 Å². The average Bonchev–Trinajstić information content (AvgIpc) is 2.48. The molecule has 0 atom stereocenters. The van der Waals surface area contributed by atoms with Crippen LogP contribution in [0.15, 0.2) is 36.5 Å². The van der Waals surface area contributed by atoms with Crippen LogP contribution in [-0.4, -0.2) is 29.0 Å². The zero-order valence-corrected chi connectivity index (χ0v) is 12.5. The van der Waals surface area contributed by atoms with Crippen LogP contribution < -0.4 is 10.6 Å². The number of aromatic nitrogens is 2. The Kier molecular flexibility index (Phi) is 5.51. The smallest absolute Gasteiger partial charge is 0.251 e. The lowest BCUT2D eigenvalue weighted by Gasteiger charge is -2.08. The fraction of sp³-hybridized carbons (Fsp3) is 0.267. The molecule has 0 bridgehead atoms. The maximum absolute atomic E-state index is 12.1. The first-order valence-electron chi connectivity index (χ1n) is 6.78. The lowest BCUT2D eigenvalue weighted by atomic mass is 10.2. The van der Waals surface area contributed by atoms with Crippen molar-refractivity contribution in [2.75, 3.05) is 18.4 Å². The number of nitrogens with zero attached hydrogens (tertiary/aromatic N) is 2. The molecule has 1 amide bonds. The molecule has 2 N–H and O–H groups in total. The van der Waals surface area contributed by atoms with Gasteiger partial charge in [-0.25, -0.2) is 4.98 Å². The van der Waals surface area contributed by atoms with E-state index in [0.717, 1.165) is 5.69 Å². The van der Waals surface area contributed by atoms with Crippen LogP contribution in [0.25, 0.3) is 0 Å². The van der Waals surface area contributed by atoms with E-state index in [0.29, 0.717) is 36.0 Å². The monoisotopic (exact) mass is 304 g/mol. The summed E-state index contributed by atoms with van der Waals surface area (Å²) in [5.41, 5.74) is 1.44. The van der Waals surface area contributed by atoms with Crippen LogP contribution >= 0.6 is 11.6 Å². The summed E-state index contributed by atoms with van der Waals surface area (Å²) in [5.74, 6) is 0.425. The molecular formula is C15H17ClN4O. The summed E-state index contributed by atoms with van der Waals surface area (Å²) < 4.78 is 0. The molecule has 5 nitrogen and oxygen atoms in total. The third-order valence-electron chi connectivity index (χ3n) is 2.81. The minimum atomic E-state index is -0.172. The summed E-state index contributed by atoms with van der Waals surface area (Å²) in [7, 11) is 0. The summed E-state index contributed by atoms with van der Waals surface area (Å²) in [5, 5.41) is 6.19. The second-order valence-electron chi connectivity index (χ2n) is 4.42. The summed E-state index contributed by atoms with van der Waals surface area (Å²) >= 11 is 5.92. The highest BCUT2D eigenvalue weighted by Crippen LogP contribution is 2.14. The topological polar surface area (TPSA) is 66.9 Å². The van der Waals surface area contributed by atoms with Gasteiger partial charge in [-0.1, -0.05) is 17.7 Å². The molecule has 21 heavy (non-hydrogen) atoms. The van der Waals surface area contributed by atoms with Gasteiger partial charge in [0, 0.05) is 37.0 Å². The second kappa shape index (κ2) is 7.59. The number of pyridine rings is 2. The van der Waals surface area contributed by atoms with Crippen molar-refractivity contribution in [2.24, 2.45) is 0 Å². The van der Waals surface area contributed by atoms with Crippen LogP contribution in [0.5, 0.6) is 0 Å². The van der Waals surface area contributed by atoms with Gasteiger partial charge in [-0.15, -0.1) is 0 Å². The number of carbonyl (C=O) groups excluding carboxylic acids is 1. The number of carbonyl (C=O) groups is 1. The van der Waals surface area contributed by atoms with Gasteiger partial charge in [0.25, 0.3) is 5.91 Å². The molecule has 6 heteroatoms. The number of halogens is 1. The Labute approximate surface area is 128 Å². The van der Waals surface area contributed by atoms with Gasteiger partial charge in [0.15, 0.2) is 0 Å². The molecule has 0 unspecified atom stereocenters. The Balaban J connectivity index is 1.94. The first-order valence-corrected chi connectivity index (χ1v) is 7.16. The van der Waals surface area contributed by atoms with Crippen LogP contribution in [0.2, 0.25) is 5.15 Å². The molecule has 0 spiro atoms. The number of anilines is 1. The number of hydrogen-bond donors (Lipinski definition) is 2. The fourth-order valence-electron chi connectivity index (χ4n) is 1.85. The minimum absolute atomic E-state index is 0.172. The zero-order chi connectivity index (χ0) is 15.1. The van der Waals surface area contributed by atoms with Crippen molar-refractivity contribution >= 4 is 23.3 Å². The average molecular weight is 305 g/mol. The Morgan fingerprint density at radius 3 is 2.90 bits per heavy atom. The third-order valence-corrected chi connectivity index (χ3v) is 3.00. The Morgan fingerprint density at radius 2 is 2.19 bits per heavy atom. The fourth-order valence-corrected chi connectivity index (χ4v) is 2.06. The summed E-state index contributed by atoms with van der Waals surface area (Å²) in [4.78, 5) is 20.4. The molecule has 0 aliphatic rings. The van der Waals surface area contributed by atoms with E-state index in [-0.39, 0.29) is 5.91 Å². The van der Waals surface area contributed by atoms with Crippen LogP contribution in [0.4, 0.5) is 5.82 Å². The quantitative estimate of drug-likeness (QED) is 0.805. The highest BCUT2D eigenvalue weighted by molar-refractivity contribution is 6.29. The molecule has 0 radical (unpaired) electrons. The Morgan fingerprint density at radius 1 is 1.33 bits per heavy atom. The van der Waals surface area contributed by atoms with E-state index in [9.17, 15) is 4.79 Å². The van der Waals surface area contributed by atoms with Crippen LogP contribution in [0, 0.1) is 0 Å². The van der Waals surface area contributed by atoms with Gasteiger partial charge in [-0.2, -0.15) is 0 Å². The minimum Gasteiger partial charge on any atom is -0.370 e. The molecule has 2 aromatic heterocycles. The molecule has 0 fully saturated rings. The normalized spacial score (nSPS) is 10.2. The second-order valence-corrected chi connectivity index (χ2v) is 4.81. The maximum atomic E-state index is 12.1. The van der Waals surface area contributed by atoms with Crippen molar-refractivity contribution in [3.8, 4) is 0 Å². The third kappa shape index (κ3) is 4.72. The van der Waals surface area contributed by atoms with Gasteiger partial charge in [0.05, 0.1) is 0 Å². The van der Waals surface area contributed by atoms with E-state index in [4.69, 9.17) is 11.6 Å². The van der Waals surface area contributed by atoms with Crippen molar-refractivity contribution < 1.29 is 4.79 Å². The first-order chi connectivity index (χ1) is 10.2. The number of rotatable bonds is 6. The van der Waals surface area contributed by atoms with Crippen molar-refractivity contribution in [3.63, 3.8) is 0 Å². The molecule has 0 aliphatic heterocycles. The van der Waals surface area contributed by atoms with Crippen molar-refractivity contribution in [2.45, 2.75) is 13.3 Å². The number of hydrogen-bond acceptors (Lipinski definition) is 4. The predicted octanol–water partition coefficient (Wildman–Crippen LogP) is 2.53. The molecular weight excluding hydrogens is 288 g/mol. The van der Waals surface area contributed by atoms with Gasteiger partial charge in [-0.05, 0) is 31.2 Å². The van der Waals surface area contributed by atoms with Gasteiger partial charge < -0.3 is 10.6 Å². The Bertz CT molecular complexity index is 604. The molecule has 0 saturated carbocycles. The lowest BCUT2D eigenvalue weighted by molar-refractivity contribution is 0.0954. The maximum Gasteiger partial charge on any atom is 0.251 e. The van der Waals surface area contributed by atoms with Crippen LogP contribution in [0.3, 0.4) is 0 Å². The van der Waals surface area contributed by atoms with E-state index in [1.54, 1.807) is 18.3 Å². The van der Waals surface area contributed by atoms with E-state index >= 15 is 0 Å². The zero-order valence-electron chi connectivity index (χ0n) is 11.8. The summed E-state index contributed by atoms with van der Waals surface area (Å²) in [6.45, 7) is 3.19. The van der Waals surface area contributed by atoms with Gasteiger partial charge in [-0.3, -0.25) is 9.78 Å². The summed E-state index contributed by atoms with van der Waals surface area (Å²) in [6, 6.07) is 8.96. The van der Waals surface area contributed by atoms with Crippen LogP contribution in [0.1, 0.15) is 23.0 Å². The number of nitrogens with one attached hydrogen (secondary N) is 2. The number of amides is 1. The standard InChI is InChI=1S/C15H17ClN4O/c1-2-17-14-10-11(9-13(16)20-14)15(21)19-8-6-12-5-3-4-7-18-12/h3-5,7,9-10H,2,6,8H2,1H3,(H,17,20)(H,19,21). The molecule has 2 heterocycles. The van der Waals surface area contributed by atoms with Crippen molar-refractivity contribution in [1.29, 1.82) is 0 Å². The molecule has 2 aromatic rings. The van der Waals surface area contributed by atoms with E-state index < -0.39 is 0 Å². The lowest BCUT2D eigenvalue weighted by Crippen LogP contribution is -2.26. The molecule has 2 rings (SSSR count).